The summed E-state index contributed by atoms with van der Waals surface area (Å²) in [6, 6.07) is 13.3. The Labute approximate surface area is 199 Å². The van der Waals surface area contributed by atoms with Gasteiger partial charge in [0.25, 0.3) is 0 Å². The van der Waals surface area contributed by atoms with Crippen LogP contribution in [0.1, 0.15) is 41.5 Å². The average molecular weight is 494 g/mol. The Balaban J connectivity index is 1.71. The standard InChI is InChI=1S/C26H24F6N2O/c1-2-10-34-22-8-9-23(24(34,14-18(22)15-33)19-6-4-3-5-7-19)35-16-17-11-20(25(27,28)29)13-21(12-17)26(30,31)32/h2-7,11-13,18,22-23H,1,8-10,14,16H2. The fourth-order valence-corrected chi connectivity index (χ4v) is 5.62. The summed E-state index contributed by atoms with van der Waals surface area (Å²) in [5.74, 6) is -0.283. The van der Waals surface area contributed by atoms with Crippen molar-refractivity contribution in [2.24, 2.45) is 5.92 Å². The van der Waals surface area contributed by atoms with E-state index < -0.39 is 41.7 Å². The lowest BCUT2D eigenvalue weighted by molar-refractivity contribution is -0.143. The van der Waals surface area contributed by atoms with Crippen molar-refractivity contribution in [3.05, 3.63) is 83.4 Å². The van der Waals surface area contributed by atoms with Gasteiger partial charge >= 0.3 is 12.4 Å². The third-order valence-corrected chi connectivity index (χ3v) is 7.03. The maximum atomic E-state index is 13.3. The summed E-state index contributed by atoms with van der Waals surface area (Å²) in [7, 11) is 0. The third kappa shape index (κ3) is 4.69. The van der Waals surface area contributed by atoms with E-state index >= 15 is 0 Å². The van der Waals surface area contributed by atoms with Crippen molar-refractivity contribution in [3.63, 3.8) is 0 Å². The number of nitriles is 1. The lowest BCUT2D eigenvalue weighted by Gasteiger charge is -2.49. The number of benzene rings is 2. The van der Waals surface area contributed by atoms with Crippen molar-refractivity contribution in [1.29, 1.82) is 5.26 Å². The summed E-state index contributed by atoms with van der Waals surface area (Å²) in [4.78, 5) is 2.16. The number of hydrogen-bond acceptors (Lipinski definition) is 3. The Hall–Kier alpha value is -2.83. The number of ether oxygens (including phenoxy) is 1. The highest BCUT2D eigenvalue weighted by molar-refractivity contribution is 5.35. The molecule has 2 heterocycles. The van der Waals surface area contributed by atoms with E-state index in [1.54, 1.807) is 6.08 Å². The molecule has 2 aliphatic rings. The molecule has 2 fully saturated rings. The molecule has 2 aromatic carbocycles. The minimum Gasteiger partial charge on any atom is -0.371 e. The van der Waals surface area contributed by atoms with Crippen LogP contribution in [0.2, 0.25) is 0 Å². The zero-order valence-corrected chi connectivity index (χ0v) is 18.7. The molecule has 2 bridgehead atoms. The van der Waals surface area contributed by atoms with Crippen LogP contribution in [0.3, 0.4) is 0 Å². The molecule has 2 saturated heterocycles. The van der Waals surface area contributed by atoms with Crippen LogP contribution in [0.15, 0.2) is 61.2 Å². The summed E-state index contributed by atoms with van der Waals surface area (Å²) < 4.78 is 85.9. The largest absolute Gasteiger partial charge is 0.416 e. The average Bonchev–Trinajstić information content (AvgIpc) is 3.02. The maximum Gasteiger partial charge on any atom is 0.416 e. The summed E-state index contributed by atoms with van der Waals surface area (Å²) in [6.45, 7) is 3.88. The Morgan fingerprint density at radius 3 is 2.20 bits per heavy atom. The first-order valence-corrected chi connectivity index (χ1v) is 11.2. The zero-order valence-electron chi connectivity index (χ0n) is 18.7. The van der Waals surface area contributed by atoms with Crippen LogP contribution in [0.25, 0.3) is 0 Å². The van der Waals surface area contributed by atoms with Crippen LogP contribution >= 0.6 is 0 Å². The van der Waals surface area contributed by atoms with Gasteiger partial charge < -0.3 is 4.74 Å². The quantitative estimate of drug-likeness (QED) is 0.331. The Bertz CT molecular complexity index is 1080. The van der Waals surface area contributed by atoms with Crippen molar-refractivity contribution in [2.75, 3.05) is 6.54 Å². The molecule has 4 rings (SSSR count). The molecule has 0 aliphatic carbocycles. The van der Waals surface area contributed by atoms with Crippen molar-refractivity contribution >= 4 is 0 Å². The van der Waals surface area contributed by atoms with Gasteiger partial charge in [-0.15, -0.1) is 6.58 Å². The number of hydrogen-bond donors (Lipinski definition) is 0. The van der Waals surface area contributed by atoms with Crippen LogP contribution in [-0.4, -0.2) is 23.6 Å². The SMILES string of the molecule is C=CCN1C2CCC(OCc3cc(C(F)(F)F)cc(C(F)(F)F)c3)C1(c1ccccc1)CC2C#N. The molecule has 3 nitrogen and oxygen atoms in total. The van der Waals surface area contributed by atoms with Crippen LogP contribution < -0.4 is 0 Å². The Morgan fingerprint density at radius 1 is 1.03 bits per heavy atom. The first kappa shape index (κ1) is 25.3. The van der Waals surface area contributed by atoms with E-state index in [0.29, 0.717) is 37.9 Å². The van der Waals surface area contributed by atoms with Crippen molar-refractivity contribution < 1.29 is 31.1 Å². The summed E-state index contributed by atoms with van der Waals surface area (Å²) in [5, 5.41) is 9.81. The first-order chi connectivity index (χ1) is 16.5. The van der Waals surface area contributed by atoms with Gasteiger partial charge in [-0.05, 0) is 48.6 Å². The van der Waals surface area contributed by atoms with Gasteiger partial charge in [-0.25, -0.2) is 0 Å². The van der Waals surface area contributed by atoms with E-state index in [9.17, 15) is 31.6 Å². The van der Waals surface area contributed by atoms with E-state index in [2.05, 4.69) is 17.5 Å². The second kappa shape index (κ2) is 9.32. The van der Waals surface area contributed by atoms with Crippen molar-refractivity contribution in [3.8, 4) is 6.07 Å². The highest BCUT2D eigenvalue weighted by Crippen LogP contribution is 2.54. The van der Waals surface area contributed by atoms with Gasteiger partial charge in [-0.1, -0.05) is 36.4 Å². The van der Waals surface area contributed by atoms with Crippen molar-refractivity contribution in [2.45, 2.75) is 55.9 Å². The predicted octanol–water partition coefficient (Wildman–Crippen LogP) is 6.70. The highest BCUT2D eigenvalue weighted by Gasteiger charge is 2.59. The number of rotatable bonds is 6. The second-order valence-electron chi connectivity index (χ2n) is 9.03. The molecule has 0 saturated carbocycles. The number of nitrogens with zero attached hydrogens (tertiary/aromatic N) is 2. The molecule has 0 radical (unpaired) electrons. The lowest BCUT2D eigenvalue weighted by atomic mass is 9.78. The molecule has 186 valence electrons. The summed E-state index contributed by atoms with van der Waals surface area (Å²) in [6.07, 6.45) is -7.05. The van der Waals surface area contributed by atoms with E-state index in [1.165, 1.54) is 0 Å². The van der Waals surface area contributed by atoms with Gasteiger partial charge in [0.15, 0.2) is 0 Å². The first-order valence-electron chi connectivity index (χ1n) is 11.2. The number of fused-ring (bicyclic) bond motifs is 2. The maximum absolute atomic E-state index is 13.3. The Kier molecular flexibility index (Phi) is 6.73. The van der Waals surface area contributed by atoms with Crippen LogP contribution in [-0.2, 0) is 29.2 Å². The fraction of sp³-hybridized carbons (Fsp3) is 0.423. The normalized spacial score (nSPS) is 26.9. The molecule has 2 aliphatic heterocycles. The monoisotopic (exact) mass is 494 g/mol. The molecule has 4 unspecified atom stereocenters. The molecule has 0 aromatic heterocycles. The lowest BCUT2D eigenvalue weighted by Crippen LogP contribution is -2.57. The van der Waals surface area contributed by atoms with Crippen molar-refractivity contribution in [1.82, 2.24) is 4.90 Å². The van der Waals surface area contributed by atoms with Crippen LogP contribution in [0.4, 0.5) is 26.3 Å². The summed E-state index contributed by atoms with van der Waals surface area (Å²) >= 11 is 0. The number of piperidine rings is 1. The minimum atomic E-state index is -4.93. The molecule has 0 amide bonds. The van der Waals surface area contributed by atoms with Crippen LogP contribution in [0.5, 0.6) is 0 Å². The smallest absolute Gasteiger partial charge is 0.371 e. The molecule has 0 spiro atoms. The van der Waals surface area contributed by atoms with Gasteiger partial charge in [0.2, 0.25) is 0 Å². The van der Waals surface area contributed by atoms with Gasteiger partial charge in [-0.3, -0.25) is 4.90 Å². The molecule has 0 N–H and O–H groups in total. The molecule has 4 atom stereocenters. The molecule has 2 aromatic rings. The Morgan fingerprint density at radius 2 is 1.66 bits per heavy atom. The highest BCUT2D eigenvalue weighted by atomic mass is 19.4. The van der Waals surface area contributed by atoms with Gasteiger partial charge in [0, 0.05) is 12.6 Å². The van der Waals surface area contributed by atoms with Gasteiger partial charge in [-0.2, -0.15) is 31.6 Å². The number of halogens is 6. The molecule has 9 heteroatoms. The van der Waals surface area contributed by atoms with Gasteiger partial charge in [0.05, 0.1) is 41.4 Å². The minimum absolute atomic E-state index is 0.0385. The fourth-order valence-electron chi connectivity index (χ4n) is 5.62. The van der Waals surface area contributed by atoms with E-state index in [4.69, 9.17) is 4.74 Å². The third-order valence-electron chi connectivity index (χ3n) is 7.03. The van der Waals surface area contributed by atoms with E-state index in [-0.39, 0.29) is 23.6 Å². The second-order valence-corrected chi connectivity index (χ2v) is 9.03. The van der Waals surface area contributed by atoms with E-state index in [0.717, 1.165) is 5.56 Å². The topological polar surface area (TPSA) is 36.3 Å². The van der Waals surface area contributed by atoms with Gasteiger partial charge in [0.1, 0.15) is 0 Å². The number of alkyl halides is 6. The van der Waals surface area contributed by atoms with Crippen LogP contribution in [0, 0.1) is 17.2 Å². The molecule has 35 heavy (non-hydrogen) atoms. The molecular formula is C26H24F6N2O. The zero-order chi connectivity index (χ0) is 25.4. The summed E-state index contributed by atoms with van der Waals surface area (Å²) in [5.41, 5.74) is -2.79. The van der Waals surface area contributed by atoms with E-state index in [1.807, 2.05) is 30.3 Å². The molecular weight excluding hydrogens is 470 g/mol. The predicted molar refractivity (Wildman–Crippen MR) is 117 cm³/mol.